The second-order valence-electron chi connectivity index (χ2n) is 14.9. The van der Waals surface area contributed by atoms with Gasteiger partial charge in [-0.1, -0.05) is 133 Å². The lowest BCUT2D eigenvalue weighted by Gasteiger charge is -2.31. The molecule has 0 saturated carbocycles. The van der Waals surface area contributed by atoms with E-state index in [1.165, 1.54) is 67.3 Å². The Hall–Kier alpha value is -6.64. The number of anilines is 6. The second-order valence-corrected chi connectivity index (χ2v) is 14.9. The number of hydrogen-bond acceptors (Lipinski definition) is 2. The highest BCUT2D eigenvalue weighted by Crippen LogP contribution is 2.55. The fraction of sp³-hybridized carbons (Fsp3) is 0.0943. The molecule has 0 aromatic heterocycles. The molecule has 8 aromatic rings. The van der Waals surface area contributed by atoms with Crippen molar-refractivity contribution >= 4 is 34.1 Å². The van der Waals surface area contributed by atoms with E-state index < -0.39 is 0 Å². The van der Waals surface area contributed by atoms with Gasteiger partial charge < -0.3 is 9.80 Å². The largest absolute Gasteiger partial charge is 0.310 e. The van der Waals surface area contributed by atoms with Gasteiger partial charge in [-0.3, -0.25) is 0 Å². The molecule has 0 heterocycles. The van der Waals surface area contributed by atoms with Crippen LogP contribution >= 0.6 is 0 Å². The first kappa shape index (κ1) is 33.0. The molecule has 0 N–H and O–H groups in total. The van der Waals surface area contributed by atoms with Crippen LogP contribution in [-0.4, -0.2) is 0 Å². The first-order chi connectivity index (χ1) is 27.2. The van der Waals surface area contributed by atoms with E-state index in [0.717, 1.165) is 37.1 Å². The Balaban J connectivity index is 1.05. The maximum atomic E-state index is 2.52. The van der Waals surface area contributed by atoms with Crippen LogP contribution in [0.3, 0.4) is 0 Å². The molecule has 0 radical (unpaired) electrons. The molecule has 2 nitrogen and oxygen atoms in total. The van der Waals surface area contributed by atoms with E-state index in [1.54, 1.807) is 0 Å². The minimum absolute atomic E-state index is 0.0108. The van der Waals surface area contributed by atoms with Gasteiger partial charge in [0, 0.05) is 39.5 Å². The molecule has 0 bridgehead atoms. The Kier molecular flexibility index (Phi) is 8.37. The molecule has 2 aliphatic rings. The number of aryl methyl sites for hydroxylation is 2. The maximum absolute atomic E-state index is 2.52. The highest BCUT2D eigenvalue weighted by molar-refractivity contribution is 5.86. The number of nitrogens with zero attached hydrogens (tertiary/aromatic N) is 2. The van der Waals surface area contributed by atoms with Gasteiger partial charge in [-0.2, -0.15) is 0 Å². The molecule has 0 saturated heterocycles. The summed E-state index contributed by atoms with van der Waals surface area (Å²) < 4.78 is 0. The van der Waals surface area contributed by atoms with Crippen LogP contribution in [0.15, 0.2) is 206 Å². The summed E-state index contributed by atoms with van der Waals surface area (Å²) in [5, 5.41) is 0. The van der Waals surface area contributed by atoms with Gasteiger partial charge in [0.15, 0.2) is 0 Å². The third-order valence-corrected chi connectivity index (χ3v) is 11.9. The van der Waals surface area contributed by atoms with E-state index in [-0.39, 0.29) is 5.41 Å². The van der Waals surface area contributed by atoms with Gasteiger partial charge in [0.2, 0.25) is 0 Å². The second kappa shape index (κ2) is 14.0. The average molecular weight is 707 g/mol. The van der Waals surface area contributed by atoms with Gasteiger partial charge in [-0.15, -0.1) is 0 Å². The summed E-state index contributed by atoms with van der Waals surface area (Å²) in [6.45, 7) is 0. The number of rotatable bonds is 8. The lowest BCUT2D eigenvalue weighted by Crippen LogP contribution is -2.22. The Morgan fingerprint density at radius 2 is 0.655 bits per heavy atom. The van der Waals surface area contributed by atoms with Crippen LogP contribution < -0.4 is 9.80 Å². The third-order valence-electron chi connectivity index (χ3n) is 11.9. The number of hydrogen-bond donors (Lipinski definition) is 0. The predicted molar refractivity (Wildman–Crippen MR) is 231 cm³/mol. The maximum Gasteiger partial charge on any atom is 0.0464 e. The third kappa shape index (κ3) is 5.91. The standard InChI is InChI=1S/C53H42N2/c1-5-15-39(16-6-1)49-23-13-14-24-50(49)40-25-29-46(30-26-40)55(45-21-11-4-12-22-45)48-32-28-42-34-36-53(52(42)38-48)35-33-41-27-31-47(37-51(41)53)54(43-17-7-2-8-18-43)44-19-9-3-10-20-44/h1-32,37-38H,33-36H2/t53-/m1/s1. The van der Waals surface area contributed by atoms with E-state index in [2.05, 4.69) is 216 Å². The topological polar surface area (TPSA) is 6.48 Å². The van der Waals surface area contributed by atoms with Crippen LogP contribution in [0.5, 0.6) is 0 Å². The highest BCUT2D eigenvalue weighted by atomic mass is 15.1. The van der Waals surface area contributed by atoms with Crippen molar-refractivity contribution in [2.75, 3.05) is 9.80 Å². The molecule has 1 spiro atoms. The van der Waals surface area contributed by atoms with Crippen molar-refractivity contribution in [3.05, 3.63) is 229 Å². The van der Waals surface area contributed by atoms with Gasteiger partial charge in [0.25, 0.3) is 0 Å². The summed E-state index contributed by atoms with van der Waals surface area (Å²) in [5.41, 5.74) is 17.9. The predicted octanol–water partition coefficient (Wildman–Crippen LogP) is 14.1. The van der Waals surface area contributed by atoms with Crippen LogP contribution in [0, 0.1) is 0 Å². The zero-order valence-corrected chi connectivity index (χ0v) is 30.9. The molecule has 55 heavy (non-hydrogen) atoms. The van der Waals surface area contributed by atoms with Crippen LogP contribution in [0.25, 0.3) is 22.3 Å². The Labute approximate surface area is 324 Å². The van der Waals surface area contributed by atoms with E-state index >= 15 is 0 Å². The van der Waals surface area contributed by atoms with Crippen molar-refractivity contribution in [3.8, 4) is 22.3 Å². The van der Waals surface area contributed by atoms with Crippen LogP contribution in [0.4, 0.5) is 34.1 Å². The Morgan fingerprint density at radius 3 is 1.09 bits per heavy atom. The van der Waals surface area contributed by atoms with Crippen LogP contribution in [-0.2, 0) is 18.3 Å². The van der Waals surface area contributed by atoms with Gasteiger partial charge >= 0.3 is 0 Å². The molecule has 0 fully saturated rings. The molecule has 0 aliphatic heterocycles. The van der Waals surface area contributed by atoms with Crippen molar-refractivity contribution < 1.29 is 0 Å². The summed E-state index contributed by atoms with van der Waals surface area (Å²) in [5.74, 6) is 0. The highest BCUT2D eigenvalue weighted by Gasteiger charge is 2.45. The molecule has 264 valence electrons. The fourth-order valence-corrected chi connectivity index (χ4v) is 9.26. The van der Waals surface area contributed by atoms with E-state index in [1.807, 2.05) is 0 Å². The molecule has 2 aliphatic carbocycles. The minimum atomic E-state index is -0.0108. The normalized spacial score (nSPS) is 15.4. The summed E-state index contributed by atoms with van der Waals surface area (Å²) in [6, 6.07) is 75.4. The van der Waals surface area contributed by atoms with E-state index in [9.17, 15) is 0 Å². The van der Waals surface area contributed by atoms with Gasteiger partial charge in [-0.25, -0.2) is 0 Å². The van der Waals surface area contributed by atoms with Crippen molar-refractivity contribution in [1.29, 1.82) is 0 Å². The van der Waals surface area contributed by atoms with Crippen LogP contribution in [0.2, 0.25) is 0 Å². The Bertz CT molecular complexity index is 2540. The van der Waals surface area contributed by atoms with E-state index in [0.29, 0.717) is 0 Å². The van der Waals surface area contributed by atoms with Crippen molar-refractivity contribution in [2.45, 2.75) is 31.1 Å². The number of para-hydroxylation sites is 3. The lowest BCUT2D eigenvalue weighted by molar-refractivity contribution is 0.507. The smallest absolute Gasteiger partial charge is 0.0464 e. The molecule has 0 unspecified atom stereocenters. The number of fused-ring (bicyclic) bond motifs is 4. The molecular weight excluding hydrogens is 665 g/mol. The van der Waals surface area contributed by atoms with Crippen molar-refractivity contribution in [3.63, 3.8) is 0 Å². The summed E-state index contributed by atoms with van der Waals surface area (Å²) in [6.07, 6.45) is 4.48. The molecule has 2 heteroatoms. The quantitative estimate of drug-likeness (QED) is 0.155. The minimum Gasteiger partial charge on any atom is -0.310 e. The summed E-state index contributed by atoms with van der Waals surface area (Å²) in [4.78, 5) is 4.83. The molecule has 0 amide bonds. The Morgan fingerprint density at radius 1 is 0.309 bits per heavy atom. The average Bonchev–Trinajstić information content (AvgIpc) is 3.83. The van der Waals surface area contributed by atoms with E-state index in [4.69, 9.17) is 0 Å². The first-order valence-electron chi connectivity index (χ1n) is 19.5. The van der Waals surface area contributed by atoms with Crippen molar-refractivity contribution in [2.24, 2.45) is 0 Å². The summed E-state index contributed by atoms with van der Waals surface area (Å²) in [7, 11) is 0. The van der Waals surface area contributed by atoms with Crippen LogP contribution in [0.1, 0.15) is 35.1 Å². The lowest BCUT2D eigenvalue weighted by atomic mass is 9.76. The monoisotopic (exact) mass is 706 g/mol. The molecule has 1 atom stereocenters. The zero-order chi connectivity index (χ0) is 36.6. The van der Waals surface area contributed by atoms with Gasteiger partial charge in [-0.05, 0) is 143 Å². The SMILES string of the molecule is c1ccc(-c2ccccc2-c2ccc(N(c3ccccc3)c3ccc4c(c3)[C@]3(CCc5ccc(N(c6ccccc6)c6ccccc6)cc53)CC4)cc2)cc1. The van der Waals surface area contributed by atoms with Gasteiger partial charge in [0.1, 0.15) is 0 Å². The van der Waals surface area contributed by atoms with Gasteiger partial charge in [0.05, 0.1) is 0 Å². The summed E-state index contributed by atoms with van der Waals surface area (Å²) >= 11 is 0. The van der Waals surface area contributed by atoms with Crippen molar-refractivity contribution in [1.82, 2.24) is 0 Å². The zero-order valence-electron chi connectivity index (χ0n) is 30.9. The fourth-order valence-electron chi connectivity index (χ4n) is 9.26. The number of benzene rings is 8. The molecule has 8 aromatic carbocycles. The first-order valence-corrected chi connectivity index (χ1v) is 19.5. The molecular formula is C53H42N2. The molecule has 10 rings (SSSR count).